The molecule has 1 fully saturated rings. The number of ether oxygens (including phenoxy) is 1. The largest absolute Gasteiger partial charge is 0.444 e. The van der Waals surface area contributed by atoms with Gasteiger partial charge in [-0.15, -0.1) is 0 Å². The Bertz CT molecular complexity index is 1380. The molecule has 3 aromatic heterocycles. The lowest BCUT2D eigenvalue weighted by atomic mass is 10.0. The van der Waals surface area contributed by atoms with Crippen LogP contribution in [0.15, 0.2) is 46.8 Å². The lowest BCUT2D eigenvalue weighted by molar-refractivity contribution is -0.106. The van der Waals surface area contributed by atoms with Gasteiger partial charge in [0.1, 0.15) is 11.1 Å². The Balaban J connectivity index is 1.59. The van der Waals surface area contributed by atoms with Crippen LogP contribution < -0.4 is 5.49 Å². The van der Waals surface area contributed by atoms with Crippen molar-refractivity contribution in [2.75, 3.05) is 13.1 Å². The molecule has 1 saturated heterocycles. The summed E-state index contributed by atoms with van der Waals surface area (Å²) in [5, 5.41) is 0. The number of amidine groups is 1. The second-order valence-electron chi connectivity index (χ2n) is 9.70. The lowest BCUT2D eigenvalue weighted by Gasteiger charge is -2.24. The first-order valence-electron chi connectivity index (χ1n) is 11.4. The number of aryl methyl sites for hydroxylation is 2. The van der Waals surface area contributed by atoms with Crippen molar-refractivity contribution < 1.29 is 18.7 Å². The molecule has 1 atom stereocenters. The van der Waals surface area contributed by atoms with E-state index in [4.69, 9.17) is 4.74 Å². The van der Waals surface area contributed by atoms with E-state index in [2.05, 4.69) is 15.0 Å². The Hall–Kier alpha value is -3.82. The maximum absolute atomic E-state index is 14.6. The highest BCUT2D eigenvalue weighted by Crippen LogP contribution is 2.27. The molecule has 184 valence electrons. The molecule has 0 aromatic carbocycles. The summed E-state index contributed by atoms with van der Waals surface area (Å²) in [7, 11) is 1.84. The predicted molar refractivity (Wildman–Crippen MR) is 129 cm³/mol. The second-order valence-corrected chi connectivity index (χ2v) is 9.70. The molecule has 1 aliphatic rings. The molecule has 0 spiro atoms. The minimum atomic E-state index is -0.532. The lowest BCUT2D eigenvalue weighted by Crippen LogP contribution is -2.35. The van der Waals surface area contributed by atoms with Crippen LogP contribution in [0.3, 0.4) is 0 Å². The van der Waals surface area contributed by atoms with E-state index in [1.54, 1.807) is 28.6 Å². The molecule has 4 heterocycles. The molecule has 0 saturated carbocycles. The number of halogens is 1. The van der Waals surface area contributed by atoms with Gasteiger partial charge in [-0.25, -0.2) is 19.2 Å². The maximum Gasteiger partial charge on any atom is 0.410 e. The van der Waals surface area contributed by atoms with Crippen LogP contribution in [0.4, 0.5) is 9.18 Å². The van der Waals surface area contributed by atoms with Crippen molar-refractivity contribution in [2.45, 2.75) is 45.6 Å². The minimum Gasteiger partial charge on any atom is -0.444 e. The van der Waals surface area contributed by atoms with E-state index < -0.39 is 11.4 Å². The van der Waals surface area contributed by atoms with Crippen LogP contribution in [0.25, 0.3) is 5.65 Å². The van der Waals surface area contributed by atoms with Crippen molar-refractivity contribution in [1.29, 1.82) is 0 Å². The van der Waals surface area contributed by atoms with Crippen LogP contribution in [-0.4, -0.2) is 55.9 Å². The number of amides is 2. The Morgan fingerprint density at radius 2 is 2.03 bits per heavy atom. The molecule has 4 rings (SSSR count). The standard InChI is InChI=1S/C25H29FN6O3/c1-16-11-32-14-19(10-20(26)23(32)28-16)22(27-15-33)29-21-7-6-17(12-30(21)5)18-8-9-31(13-18)24(34)35-25(2,3)4/h6-7,10-12,14-15,18H,8-9,13H2,1-5H3. The monoisotopic (exact) mass is 480 g/mol. The number of imidazole rings is 1. The third-order valence-corrected chi connectivity index (χ3v) is 5.72. The van der Waals surface area contributed by atoms with Crippen LogP contribution in [0.5, 0.6) is 0 Å². The van der Waals surface area contributed by atoms with Crippen molar-refractivity contribution in [1.82, 2.24) is 18.9 Å². The number of aliphatic imine (C=N–C) groups is 1. The number of hydrogen-bond acceptors (Lipinski definition) is 4. The highest BCUT2D eigenvalue weighted by Gasteiger charge is 2.30. The van der Waals surface area contributed by atoms with Crippen molar-refractivity contribution in [3.05, 3.63) is 64.9 Å². The summed E-state index contributed by atoms with van der Waals surface area (Å²) in [6.07, 6.45) is 6.20. The number of carbonyl (C=O) groups is 2. The number of likely N-dealkylation sites (tertiary alicyclic amines) is 1. The average Bonchev–Trinajstić information content (AvgIpc) is 3.40. The van der Waals surface area contributed by atoms with Gasteiger partial charge in [0, 0.05) is 50.2 Å². The highest BCUT2D eigenvalue weighted by molar-refractivity contribution is 6.02. The van der Waals surface area contributed by atoms with Gasteiger partial charge in [-0.3, -0.25) is 4.79 Å². The summed E-state index contributed by atoms with van der Waals surface area (Å²) >= 11 is 0. The van der Waals surface area contributed by atoms with E-state index >= 15 is 0 Å². The fraction of sp³-hybridized carbons (Fsp3) is 0.400. The Morgan fingerprint density at radius 1 is 1.26 bits per heavy atom. The smallest absolute Gasteiger partial charge is 0.410 e. The van der Waals surface area contributed by atoms with Gasteiger partial charge in [-0.2, -0.15) is 4.99 Å². The number of hydrogen-bond donors (Lipinski definition) is 0. The quantitative estimate of drug-likeness (QED) is 0.326. The molecular formula is C25H29FN6O3. The molecule has 3 aromatic rings. The number of pyridine rings is 2. The number of carbonyl (C=O) groups excluding carboxylic acids is 2. The van der Waals surface area contributed by atoms with Crippen LogP contribution in [0.1, 0.15) is 49.9 Å². The molecular weight excluding hydrogens is 451 g/mol. The molecule has 0 radical (unpaired) electrons. The summed E-state index contributed by atoms with van der Waals surface area (Å²) in [6.45, 7) is 8.54. The van der Waals surface area contributed by atoms with Crippen molar-refractivity contribution >= 4 is 24.0 Å². The van der Waals surface area contributed by atoms with Crippen molar-refractivity contribution in [3.63, 3.8) is 0 Å². The highest BCUT2D eigenvalue weighted by atomic mass is 19.1. The van der Waals surface area contributed by atoms with Gasteiger partial charge >= 0.3 is 6.09 Å². The third kappa shape index (κ3) is 5.47. The summed E-state index contributed by atoms with van der Waals surface area (Å²) in [6, 6.07) is 5.04. The third-order valence-electron chi connectivity index (χ3n) is 5.72. The van der Waals surface area contributed by atoms with E-state index in [0.717, 1.165) is 12.0 Å². The number of rotatable bonds is 3. The number of fused-ring (bicyclic) bond motifs is 1. The van der Waals surface area contributed by atoms with E-state index in [-0.39, 0.29) is 23.5 Å². The molecule has 2 amide bonds. The average molecular weight is 481 g/mol. The van der Waals surface area contributed by atoms with E-state index in [9.17, 15) is 14.0 Å². The predicted octanol–water partition coefficient (Wildman–Crippen LogP) is 3.35. The van der Waals surface area contributed by atoms with Crippen LogP contribution in [0.2, 0.25) is 0 Å². The first-order valence-corrected chi connectivity index (χ1v) is 11.4. The molecule has 0 N–H and O–H groups in total. The summed E-state index contributed by atoms with van der Waals surface area (Å²) in [4.78, 5) is 37.8. The fourth-order valence-corrected chi connectivity index (χ4v) is 4.13. The second kappa shape index (κ2) is 9.44. The van der Waals surface area contributed by atoms with Gasteiger partial charge in [0.05, 0.1) is 5.69 Å². The van der Waals surface area contributed by atoms with Gasteiger partial charge in [0.25, 0.3) is 0 Å². The Morgan fingerprint density at radius 3 is 2.71 bits per heavy atom. The molecule has 9 nitrogen and oxygen atoms in total. The zero-order valence-electron chi connectivity index (χ0n) is 20.5. The van der Waals surface area contributed by atoms with Crippen LogP contribution >= 0.6 is 0 Å². The van der Waals surface area contributed by atoms with Crippen molar-refractivity contribution in [3.8, 4) is 0 Å². The zero-order valence-corrected chi connectivity index (χ0v) is 20.5. The molecule has 0 bridgehead atoms. The van der Waals surface area contributed by atoms with Crippen LogP contribution in [0, 0.1) is 12.7 Å². The van der Waals surface area contributed by atoms with E-state index in [0.29, 0.717) is 36.2 Å². The normalized spacial score (nSPS) is 17.3. The number of nitrogens with zero attached hydrogens (tertiary/aromatic N) is 6. The van der Waals surface area contributed by atoms with Gasteiger partial charge in [-0.1, -0.05) is 6.07 Å². The summed E-state index contributed by atoms with van der Waals surface area (Å²) in [5.41, 5.74) is 2.30. The summed E-state index contributed by atoms with van der Waals surface area (Å²) in [5.74, 6) is -0.265. The van der Waals surface area contributed by atoms with E-state index in [1.165, 1.54) is 6.07 Å². The minimum absolute atomic E-state index is 0.0903. The molecule has 10 heteroatoms. The van der Waals surface area contributed by atoms with E-state index in [1.807, 2.05) is 50.7 Å². The number of aromatic nitrogens is 3. The fourth-order valence-electron chi connectivity index (χ4n) is 4.13. The van der Waals surface area contributed by atoms with Gasteiger partial charge < -0.3 is 18.6 Å². The molecule has 0 aliphatic carbocycles. The zero-order chi connectivity index (χ0) is 25.3. The molecule has 1 unspecified atom stereocenters. The maximum atomic E-state index is 14.6. The Labute approximate surface area is 202 Å². The van der Waals surface area contributed by atoms with Crippen LogP contribution in [-0.2, 0) is 16.6 Å². The SMILES string of the molecule is Cc1cn2cc(C(=NC=O)N=c3ccc(C4CCN(C(=O)OC(C)(C)C)C4)cn3C)cc(F)c2n1. The molecule has 1 aliphatic heterocycles. The molecule has 35 heavy (non-hydrogen) atoms. The van der Waals surface area contributed by atoms with Gasteiger partial charge in [0.2, 0.25) is 6.41 Å². The first kappa shape index (κ1) is 24.3. The van der Waals surface area contributed by atoms with Gasteiger partial charge in [0.15, 0.2) is 17.3 Å². The van der Waals surface area contributed by atoms with Gasteiger partial charge in [-0.05, 0) is 51.8 Å². The van der Waals surface area contributed by atoms with Crippen molar-refractivity contribution in [2.24, 2.45) is 17.0 Å². The summed E-state index contributed by atoms with van der Waals surface area (Å²) < 4.78 is 23.4. The Kier molecular flexibility index (Phi) is 6.56. The first-order chi connectivity index (χ1) is 16.5. The topological polar surface area (TPSA) is 93.6 Å².